The van der Waals surface area contributed by atoms with Crippen molar-refractivity contribution in [3.63, 3.8) is 0 Å². The van der Waals surface area contributed by atoms with Crippen LogP contribution in [0.2, 0.25) is 10.0 Å². The number of halogens is 2. The SMILES string of the molecule is C=C(Cc1cc(N)ccc1Nc1c(Cl)cccc1Cl)NCCC. The highest BCUT2D eigenvalue weighted by molar-refractivity contribution is 6.39. The normalized spacial score (nSPS) is 10.4. The summed E-state index contributed by atoms with van der Waals surface area (Å²) < 4.78 is 0. The lowest BCUT2D eigenvalue weighted by atomic mass is 10.1. The van der Waals surface area contributed by atoms with Gasteiger partial charge >= 0.3 is 0 Å². The monoisotopic (exact) mass is 349 g/mol. The molecule has 0 aromatic heterocycles. The van der Waals surface area contributed by atoms with E-state index in [9.17, 15) is 0 Å². The van der Waals surface area contributed by atoms with Crippen molar-refractivity contribution in [1.29, 1.82) is 0 Å². The molecule has 2 rings (SSSR count). The maximum absolute atomic E-state index is 6.24. The van der Waals surface area contributed by atoms with Gasteiger partial charge in [-0.1, -0.05) is 42.8 Å². The lowest BCUT2D eigenvalue weighted by Gasteiger charge is -2.16. The van der Waals surface area contributed by atoms with E-state index in [2.05, 4.69) is 24.1 Å². The van der Waals surface area contributed by atoms with Gasteiger partial charge in [0.1, 0.15) is 0 Å². The average Bonchev–Trinajstić information content (AvgIpc) is 2.51. The molecule has 2 aromatic carbocycles. The first kappa shape index (κ1) is 17.5. The molecule has 0 heterocycles. The molecule has 0 saturated carbocycles. The molecule has 4 N–H and O–H groups in total. The molecular formula is C18H21Cl2N3. The summed E-state index contributed by atoms with van der Waals surface area (Å²) in [4.78, 5) is 0. The maximum Gasteiger partial charge on any atom is 0.0762 e. The van der Waals surface area contributed by atoms with Crippen LogP contribution in [0, 0.1) is 0 Å². The molecule has 3 nitrogen and oxygen atoms in total. The van der Waals surface area contributed by atoms with Gasteiger partial charge in [0.2, 0.25) is 0 Å². The van der Waals surface area contributed by atoms with Crippen LogP contribution in [0.15, 0.2) is 48.7 Å². The van der Waals surface area contributed by atoms with Crippen LogP contribution in [-0.2, 0) is 6.42 Å². The van der Waals surface area contributed by atoms with E-state index in [0.29, 0.717) is 27.8 Å². The minimum absolute atomic E-state index is 0.572. The van der Waals surface area contributed by atoms with Gasteiger partial charge in [-0.25, -0.2) is 0 Å². The second kappa shape index (κ2) is 8.14. The third kappa shape index (κ3) is 4.81. The number of benzene rings is 2. The third-order valence-corrected chi connectivity index (χ3v) is 4.01. The van der Waals surface area contributed by atoms with Gasteiger partial charge in [-0.3, -0.25) is 0 Å². The second-order valence-electron chi connectivity index (χ2n) is 5.35. The summed E-state index contributed by atoms with van der Waals surface area (Å²) in [7, 11) is 0. The molecule has 0 saturated heterocycles. The highest BCUT2D eigenvalue weighted by atomic mass is 35.5. The van der Waals surface area contributed by atoms with E-state index >= 15 is 0 Å². The van der Waals surface area contributed by atoms with Crippen molar-refractivity contribution in [2.24, 2.45) is 0 Å². The maximum atomic E-state index is 6.24. The standard InChI is InChI=1S/C18H21Cl2N3/c1-3-9-22-12(2)10-13-11-14(21)7-8-17(13)23-18-15(19)5-4-6-16(18)20/h4-8,11,22-23H,2-3,9-10,21H2,1H3. The summed E-state index contributed by atoms with van der Waals surface area (Å²) in [6.07, 6.45) is 1.73. The lowest BCUT2D eigenvalue weighted by Crippen LogP contribution is -2.15. The Morgan fingerprint density at radius 1 is 1.17 bits per heavy atom. The van der Waals surface area contributed by atoms with Crippen LogP contribution in [-0.4, -0.2) is 6.54 Å². The highest BCUT2D eigenvalue weighted by Gasteiger charge is 2.10. The van der Waals surface area contributed by atoms with E-state index in [1.165, 1.54) is 0 Å². The van der Waals surface area contributed by atoms with Crippen LogP contribution >= 0.6 is 23.2 Å². The van der Waals surface area contributed by atoms with Crippen LogP contribution in [0.5, 0.6) is 0 Å². The molecule has 0 unspecified atom stereocenters. The zero-order chi connectivity index (χ0) is 16.8. The Labute approximate surface area is 147 Å². The third-order valence-electron chi connectivity index (χ3n) is 3.38. The van der Waals surface area contributed by atoms with Crippen LogP contribution in [0.1, 0.15) is 18.9 Å². The van der Waals surface area contributed by atoms with Gasteiger partial charge in [0.25, 0.3) is 0 Å². The first-order chi connectivity index (χ1) is 11.0. The van der Waals surface area contributed by atoms with Crippen LogP contribution in [0.4, 0.5) is 17.1 Å². The highest BCUT2D eigenvalue weighted by Crippen LogP contribution is 2.34. The molecule has 5 heteroatoms. The molecular weight excluding hydrogens is 329 g/mol. The van der Waals surface area contributed by atoms with E-state index in [0.717, 1.165) is 29.9 Å². The van der Waals surface area contributed by atoms with Gasteiger partial charge in [0.15, 0.2) is 0 Å². The van der Waals surface area contributed by atoms with E-state index in [1.807, 2.05) is 24.3 Å². The Balaban J connectivity index is 2.26. The number of hydrogen-bond acceptors (Lipinski definition) is 3. The number of nitrogen functional groups attached to an aromatic ring is 1. The first-order valence-corrected chi connectivity index (χ1v) is 8.28. The Morgan fingerprint density at radius 3 is 2.52 bits per heavy atom. The first-order valence-electron chi connectivity index (χ1n) is 7.52. The van der Waals surface area contributed by atoms with Gasteiger partial charge in [-0.2, -0.15) is 0 Å². The van der Waals surface area contributed by atoms with Crippen molar-refractivity contribution in [2.45, 2.75) is 19.8 Å². The second-order valence-corrected chi connectivity index (χ2v) is 6.16. The molecule has 0 radical (unpaired) electrons. The summed E-state index contributed by atoms with van der Waals surface area (Å²) in [5, 5.41) is 7.75. The fourth-order valence-electron chi connectivity index (χ4n) is 2.23. The molecule has 0 aliphatic heterocycles. The molecule has 0 atom stereocenters. The lowest BCUT2D eigenvalue weighted by molar-refractivity contribution is 0.752. The predicted molar refractivity (Wildman–Crippen MR) is 102 cm³/mol. The number of hydrogen-bond donors (Lipinski definition) is 3. The number of nitrogens with two attached hydrogens (primary N) is 1. The number of rotatable bonds is 7. The van der Waals surface area contributed by atoms with E-state index in [1.54, 1.807) is 12.1 Å². The fourth-order valence-corrected chi connectivity index (χ4v) is 2.72. The van der Waals surface area contributed by atoms with Crippen molar-refractivity contribution < 1.29 is 0 Å². The van der Waals surface area contributed by atoms with Crippen molar-refractivity contribution in [3.8, 4) is 0 Å². The van der Waals surface area contributed by atoms with Crippen molar-refractivity contribution >= 4 is 40.3 Å². The smallest absolute Gasteiger partial charge is 0.0762 e. The average molecular weight is 350 g/mol. The minimum atomic E-state index is 0.572. The van der Waals surface area contributed by atoms with E-state index < -0.39 is 0 Å². The topological polar surface area (TPSA) is 50.1 Å². The zero-order valence-electron chi connectivity index (χ0n) is 13.1. The molecule has 122 valence electrons. The quantitative estimate of drug-likeness (QED) is 0.588. The summed E-state index contributed by atoms with van der Waals surface area (Å²) in [5.74, 6) is 0. The van der Waals surface area contributed by atoms with Crippen molar-refractivity contribution in [2.75, 3.05) is 17.6 Å². The Kier molecular flexibility index (Phi) is 6.20. The molecule has 23 heavy (non-hydrogen) atoms. The van der Waals surface area contributed by atoms with Gasteiger partial charge in [0.05, 0.1) is 15.7 Å². The van der Waals surface area contributed by atoms with Crippen LogP contribution in [0.25, 0.3) is 0 Å². The molecule has 0 bridgehead atoms. The molecule has 0 aliphatic rings. The minimum Gasteiger partial charge on any atom is -0.399 e. The molecule has 0 fully saturated rings. The summed E-state index contributed by atoms with van der Waals surface area (Å²) in [6.45, 7) is 7.09. The number of para-hydroxylation sites is 1. The predicted octanol–water partition coefficient (Wildman–Crippen LogP) is 5.38. The van der Waals surface area contributed by atoms with Gasteiger partial charge < -0.3 is 16.4 Å². The summed E-state index contributed by atoms with van der Waals surface area (Å²) in [5.41, 5.74) is 10.2. The van der Waals surface area contributed by atoms with Gasteiger partial charge in [-0.05, 0) is 42.3 Å². The van der Waals surface area contributed by atoms with Gasteiger partial charge in [-0.15, -0.1) is 0 Å². The zero-order valence-corrected chi connectivity index (χ0v) is 14.6. The van der Waals surface area contributed by atoms with Crippen molar-refractivity contribution in [3.05, 3.63) is 64.3 Å². The fraction of sp³-hybridized carbons (Fsp3) is 0.222. The molecule has 0 amide bonds. The van der Waals surface area contributed by atoms with E-state index in [4.69, 9.17) is 28.9 Å². The molecule has 0 spiro atoms. The number of anilines is 3. The largest absolute Gasteiger partial charge is 0.399 e. The molecule has 2 aromatic rings. The molecule has 0 aliphatic carbocycles. The van der Waals surface area contributed by atoms with Crippen LogP contribution in [0.3, 0.4) is 0 Å². The Morgan fingerprint density at radius 2 is 1.87 bits per heavy atom. The summed E-state index contributed by atoms with van der Waals surface area (Å²) >= 11 is 12.5. The Hall–Kier alpha value is -1.84. The van der Waals surface area contributed by atoms with E-state index in [-0.39, 0.29) is 0 Å². The van der Waals surface area contributed by atoms with Crippen molar-refractivity contribution in [1.82, 2.24) is 5.32 Å². The van der Waals surface area contributed by atoms with Gasteiger partial charge in [0, 0.05) is 30.0 Å². The summed E-state index contributed by atoms with van der Waals surface area (Å²) in [6, 6.07) is 11.1. The Bertz CT molecular complexity index is 678. The number of nitrogens with one attached hydrogen (secondary N) is 2. The van der Waals surface area contributed by atoms with Crippen LogP contribution < -0.4 is 16.4 Å². The number of allylic oxidation sites excluding steroid dienone is 1.